The van der Waals surface area contributed by atoms with Crippen molar-refractivity contribution in [3.8, 4) is 0 Å². The van der Waals surface area contributed by atoms with Crippen LogP contribution in [0.2, 0.25) is 0 Å². The molecule has 0 saturated heterocycles. The molecular weight excluding hydrogens is 200 g/mol. The van der Waals surface area contributed by atoms with E-state index in [-0.39, 0.29) is 17.5 Å². The molecule has 0 amide bonds. The Hall–Kier alpha value is -0.790. The van der Waals surface area contributed by atoms with E-state index >= 15 is 0 Å². The Morgan fingerprint density at radius 2 is 1.94 bits per heavy atom. The van der Waals surface area contributed by atoms with Crippen molar-refractivity contribution in [1.29, 1.82) is 0 Å². The first kappa shape index (κ1) is 11.7. The molecule has 0 N–H and O–H groups in total. The van der Waals surface area contributed by atoms with E-state index in [4.69, 9.17) is 4.74 Å². The number of hydrogen-bond acceptors (Lipinski definition) is 2. The first-order chi connectivity index (χ1) is 7.44. The van der Waals surface area contributed by atoms with Gasteiger partial charge in [0.1, 0.15) is 6.10 Å². The molecule has 2 aliphatic rings. The van der Waals surface area contributed by atoms with Crippen LogP contribution in [0.4, 0.5) is 0 Å². The van der Waals surface area contributed by atoms with Crippen LogP contribution in [0.3, 0.4) is 0 Å². The van der Waals surface area contributed by atoms with Crippen LogP contribution in [0, 0.1) is 10.8 Å². The first-order valence-electron chi connectivity index (χ1n) is 6.26. The van der Waals surface area contributed by atoms with Gasteiger partial charge in [0.2, 0.25) is 0 Å². The largest absolute Gasteiger partial charge is 0.462 e. The number of hydrogen-bond donors (Lipinski definition) is 0. The Morgan fingerprint density at radius 1 is 1.31 bits per heavy atom. The molecule has 0 aromatic rings. The van der Waals surface area contributed by atoms with Crippen LogP contribution >= 0.6 is 0 Å². The minimum absolute atomic E-state index is 0.129. The smallest absolute Gasteiger partial charge is 0.302 e. The normalized spacial score (nSPS) is 30.6. The molecule has 0 aliphatic heterocycles. The SMILES string of the molecule is CC(=O)OC1CCC(C)(C)CC12CC=CC2. The van der Waals surface area contributed by atoms with Gasteiger partial charge in [-0.2, -0.15) is 0 Å². The molecule has 2 aliphatic carbocycles. The first-order valence-corrected chi connectivity index (χ1v) is 6.26. The summed E-state index contributed by atoms with van der Waals surface area (Å²) in [6.07, 6.45) is 10.1. The van der Waals surface area contributed by atoms with Crippen molar-refractivity contribution in [3.05, 3.63) is 12.2 Å². The Bertz CT molecular complexity index is 307. The second-order valence-electron chi connectivity index (χ2n) is 6.22. The fourth-order valence-corrected chi connectivity index (χ4v) is 3.49. The van der Waals surface area contributed by atoms with Gasteiger partial charge >= 0.3 is 5.97 Å². The quantitative estimate of drug-likeness (QED) is 0.501. The number of allylic oxidation sites excluding steroid dienone is 2. The lowest BCUT2D eigenvalue weighted by Gasteiger charge is -2.47. The highest BCUT2D eigenvalue weighted by molar-refractivity contribution is 5.66. The average Bonchev–Trinajstić information content (AvgIpc) is 2.58. The topological polar surface area (TPSA) is 26.3 Å². The van der Waals surface area contributed by atoms with Crippen LogP contribution < -0.4 is 0 Å². The van der Waals surface area contributed by atoms with Crippen LogP contribution in [0.25, 0.3) is 0 Å². The summed E-state index contributed by atoms with van der Waals surface area (Å²) >= 11 is 0. The van der Waals surface area contributed by atoms with Gasteiger partial charge in [0, 0.05) is 12.3 Å². The molecule has 2 nitrogen and oxygen atoms in total. The zero-order valence-electron chi connectivity index (χ0n) is 10.6. The molecular formula is C14H22O2. The molecule has 1 atom stereocenters. The van der Waals surface area contributed by atoms with Gasteiger partial charge in [-0.25, -0.2) is 0 Å². The second-order valence-corrected chi connectivity index (χ2v) is 6.22. The van der Waals surface area contributed by atoms with Gasteiger partial charge in [-0.15, -0.1) is 0 Å². The molecule has 1 saturated carbocycles. The average molecular weight is 222 g/mol. The van der Waals surface area contributed by atoms with E-state index in [0.717, 1.165) is 25.7 Å². The monoisotopic (exact) mass is 222 g/mol. The van der Waals surface area contributed by atoms with E-state index in [2.05, 4.69) is 26.0 Å². The minimum Gasteiger partial charge on any atom is -0.462 e. The van der Waals surface area contributed by atoms with Gasteiger partial charge in [-0.05, 0) is 37.5 Å². The number of esters is 1. The molecule has 16 heavy (non-hydrogen) atoms. The highest BCUT2D eigenvalue weighted by Gasteiger charge is 2.48. The van der Waals surface area contributed by atoms with Crippen molar-refractivity contribution in [2.45, 2.75) is 59.0 Å². The zero-order chi connectivity index (χ0) is 11.8. The third-order valence-corrected chi connectivity index (χ3v) is 4.12. The maximum Gasteiger partial charge on any atom is 0.302 e. The summed E-state index contributed by atoms with van der Waals surface area (Å²) in [4.78, 5) is 11.2. The molecule has 0 aromatic heterocycles. The molecule has 90 valence electrons. The third-order valence-electron chi connectivity index (χ3n) is 4.12. The second kappa shape index (κ2) is 3.90. The summed E-state index contributed by atoms with van der Waals surface area (Å²) in [6, 6.07) is 0. The highest BCUT2D eigenvalue weighted by Crippen LogP contribution is 2.53. The number of carbonyl (C=O) groups is 1. The van der Waals surface area contributed by atoms with Crippen molar-refractivity contribution in [1.82, 2.24) is 0 Å². The predicted octanol–water partition coefficient (Wildman–Crippen LogP) is 3.46. The maximum atomic E-state index is 11.2. The van der Waals surface area contributed by atoms with Crippen molar-refractivity contribution in [2.75, 3.05) is 0 Å². The summed E-state index contributed by atoms with van der Waals surface area (Å²) in [5, 5.41) is 0. The van der Waals surface area contributed by atoms with Gasteiger partial charge in [-0.1, -0.05) is 26.0 Å². The molecule has 0 bridgehead atoms. The van der Waals surface area contributed by atoms with E-state index in [1.54, 1.807) is 0 Å². The summed E-state index contributed by atoms with van der Waals surface area (Å²) in [6.45, 7) is 6.18. The van der Waals surface area contributed by atoms with Crippen molar-refractivity contribution < 1.29 is 9.53 Å². The number of rotatable bonds is 1. The summed E-state index contributed by atoms with van der Waals surface area (Å²) in [5.41, 5.74) is 0.593. The number of carbonyl (C=O) groups excluding carboxylic acids is 1. The lowest BCUT2D eigenvalue weighted by Crippen LogP contribution is -2.44. The molecule has 2 heteroatoms. The lowest BCUT2D eigenvalue weighted by molar-refractivity contribution is -0.160. The fourth-order valence-electron chi connectivity index (χ4n) is 3.49. The van der Waals surface area contributed by atoms with E-state index < -0.39 is 0 Å². The van der Waals surface area contributed by atoms with Gasteiger partial charge < -0.3 is 4.74 Å². The molecule has 1 unspecified atom stereocenters. The predicted molar refractivity (Wildman–Crippen MR) is 64.0 cm³/mol. The van der Waals surface area contributed by atoms with E-state index in [0.29, 0.717) is 5.41 Å². The van der Waals surface area contributed by atoms with Crippen molar-refractivity contribution in [2.24, 2.45) is 10.8 Å². The summed E-state index contributed by atoms with van der Waals surface area (Å²) in [5.74, 6) is -0.129. The Balaban J connectivity index is 2.15. The molecule has 1 fully saturated rings. The molecule has 0 heterocycles. The molecule has 1 spiro atoms. The van der Waals surface area contributed by atoms with Gasteiger partial charge in [-0.3, -0.25) is 4.79 Å². The summed E-state index contributed by atoms with van der Waals surface area (Å²) in [7, 11) is 0. The molecule has 0 aromatic carbocycles. The van der Waals surface area contributed by atoms with E-state index in [9.17, 15) is 4.79 Å². The Labute approximate surface area is 98.1 Å². The minimum atomic E-state index is -0.129. The van der Waals surface area contributed by atoms with E-state index in [1.807, 2.05) is 0 Å². The van der Waals surface area contributed by atoms with Crippen LogP contribution in [0.5, 0.6) is 0 Å². The van der Waals surface area contributed by atoms with Crippen LogP contribution in [-0.2, 0) is 9.53 Å². The van der Waals surface area contributed by atoms with Gasteiger partial charge in [0.05, 0.1) is 0 Å². The van der Waals surface area contributed by atoms with Gasteiger partial charge in [0.15, 0.2) is 0 Å². The highest BCUT2D eigenvalue weighted by atomic mass is 16.5. The zero-order valence-corrected chi connectivity index (χ0v) is 10.6. The summed E-state index contributed by atoms with van der Waals surface area (Å²) < 4.78 is 5.54. The fraction of sp³-hybridized carbons (Fsp3) is 0.786. The standard InChI is InChI=1S/C14H22O2/c1-11(15)16-12-6-9-13(2,3)10-14(12)7-4-5-8-14/h4-5,12H,6-10H2,1-3H3. The van der Waals surface area contributed by atoms with Crippen LogP contribution in [-0.4, -0.2) is 12.1 Å². The van der Waals surface area contributed by atoms with Crippen molar-refractivity contribution >= 4 is 5.97 Å². The maximum absolute atomic E-state index is 11.2. The van der Waals surface area contributed by atoms with E-state index in [1.165, 1.54) is 13.3 Å². The number of ether oxygens (including phenoxy) is 1. The molecule has 2 rings (SSSR count). The Morgan fingerprint density at radius 3 is 2.50 bits per heavy atom. The van der Waals surface area contributed by atoms with Crippen LogP contribution in [0.15, 0.2) is 12.2 Å². The Kier molecular flexibility index (Phi) is 2.85. The lowest BCUT2D eigenvalue weighted by atomic mass is 9.61. The molecule has 0 radical (unpaired) electrons. The van der Waals surface area contributed by atoms with Crippen molar-refractivity contribution in [3.63, 3.8) is 0 Å². The third kappa shape index (κ3) is 2.16. The van der Waals surface area contributed by atoms with Crippen LogP contribution in [0.1, 0.15) is 52.9 Å². The van der Waals surface area contributed by atoms with Gasteiger partial charge in [0.25, 0.3) is 0 Å².